The van der Waals surface area contributed by atoms with Crippen LogP contribution >= 0.6 is 0 Å². The van der Waals surface area contributed by atoms with Gasteiger partial charge in [0.2, 0.25) is 5.95 Å². The summed E-state index contributed by atoms with van der Waals surface area (Å²) in [6, 6.07) is 4.47. The summed E-state index contributed by atoms with van der Waals surface area (Å²) in [4.78, 5) is 9.18. The predicted molar refractivity (Wildman–Crippen MR) is 82.6 cm³/mol. The SMILES string of the molecule is CCC(C1CCCCC1)n1c(N)nc2ccc(C)nc21. The molecule has 4 nitrogen and oxygen atoms in total. The number of aromatic nitrogens is 3. The van der Waals surface area contributed by atoms with Crippen molar-refractivity contribution >= 4 is 17.1 Å². The molecule has 1 fully saturated rings. The number of nitrogens with zero attached hydrogens (tertiary/aromatic N) is 3. The van der Waals surface area contributed by atoms with E-state index in [0.717, 1.165) is 29.2 Å². The van der Waals surface area contributed by atoms with E-state index in [2.05, 4.69) is 21.5 Å². The first-order valence-electron chi connectivity index (χ1n) is 7.81. The fraction of sp³-hybridized carbons (Fsp3) is 0.625. The summed E-state index contributed by atoms with van der Waals surface area (Å²) in [5.41, 5.74) is 9.10. The van der Waals surface area contributed by atoms with Gasteiger partial charge in [-0.25, -0.2) is 9.97 Å². The van der Waals surface area contributed by atoms with Crippen LogP contribution < -0.4 is 5.73 Å². The van der Waals surface area contributed by atoms with Crippen molar-refractivity contribution < 1.29 is 0 Å². The van der Waals surface area contributed by atoms with E-state index in [1.165, 1.54) is 32.1 Å². The third-order valence-electron chi connectivity index (χ3n) is 4.65. The molecule has 1 saturated carbocycles. The normalized spacial score (nSPS) is 18.5. The standard InChI is InChI=1S/C16H24N4/c1-3-14(12-7-5-4-6-8-12)20-15-13(19-16(20)17)10-9-11(2)18-15/h9-10,12,14H,3-8H2,1-2H3,(H2,17,19). The number of imidazole rings is 1. The van der Waals surface area contributed by atoms with Crippen LogP contribution in [0.5, 0.6) is 0 Å². The Bertz CT molecular complexity index is 596. The molecule has 0 saturated heterocycles. The van der Waals surface area contributed by atoms with Crippen molar-refractivity contribution in [3.05, 3.63) is 17.8 Å². The van der Waals surface area contributed by atoms with Gasteiger partial charge in [0.15, 0.2) is 5.65 Å². The Hall–Kier alpha value is -1.58. The molecule has 20 heavy (non-hydrogen) atoms. The first kappa shape index (κ1) is 13.4. The number of aryl methyl sites for hydroxylation is 1. The number of hydrogen-bond acceptors (Lipinski definition) is 3. The second-order valence-corrected chi connectivity index (χ2v) is 6.01. The highest BCUT2D eigenvalue weighted by Gasteiger charge is 2.27. The van der Waals surface area contributed by atoms with E-state index in [1.54, 1.807) is 0 Å². The summed E-state index contributed by atoms with van der Waals surface area (Å²) in [6.45, 7) is 4.27. The van der Waals surface area contributed by atoms with Crippen molar-refractivity contribution in [3.63, 3.8) is 0 Å². The van der Waals surface area contributed by atoms with Crippen LogP contribution in [0.4, 0.5) is 5.95 Å². The van der Waals surface area contributed by atoms with Gasteiger partial charge in [0.05, 0.1) is 0 Å². The minimum atomic E-state index is 0.439. The van der Waals surface area contributed by atoms with Gasteiger partial charge in [-0.05, 0) is 44.2 Å². The summed E-state index contributed by atoms with van der Waals surface area (Å²) >= 11 is 0. The van der Waals surface area contributed by atoms with Gasteiger partial charge in [0.1, 0.15) is 5.52 Å². The van der Waals surface area contributed by atoms with Gasteiger partial charge in [-0.2, -0.15) is 0 Å². The van der Waals surface area contributed by atoms with Gasteiger partial charge in [0.25, 0.3) is 0 Å². The molecule has 1 aliphatic rings. The minimum absolute atomic E-state index is 0.439. The first-order valence-corrected chi connectivity index (χ1v) is 7.81. The van der Waals surface area contributed by atoms with E-state index < -0.39 is 0 Å². The monoisotopic (exact) mass is 272 g/mol. The van der Waals surface area contributed by atoms with Gasteiger partial charge >= 0.3 is 0 Å². The molecule has 0 amide bonds. The Morgan fingerprint density at radius 3 is 2.70 bits per heavy atom. The van der Waals surface area contributed by atoms with Crippen LogP contribution in [-0.4, -0.2) is 14.5 Å². The molecule has 108 valence electrons. The number of nitrogens with two attached hydrogens (primary N) is 1. The molecule has 2 heterocycles. The Morgan fingerprint density at radius 1 is 1.25 bits per heavy atom. The third-order valence-corrected chi connectivity index (χ3v) is 4.65. The van der Waals surface area contributed by atoms with Gasteiger partial charge in [0, 0.05) is 11.7 Å². The molecule has 1 unspecified atom stereocenters. The Kier molecular flexibility index (Phi) is 3.64. The van der Waals surface area contributed by atoms with Crippen molar-refractivity contribution in [1.29, 1.82) is 0 Å². The Balaban J connectivity index is 2.06. The lowest BCUT2D eigenvalue weighted by atomic mass is 9.83. The highest BCUT2D eigenvalue weighted by Crippen LogP contribution is 2.37. The average Bonchev–Trinajstić information content (AvgIpc) is 2.77. The molecule has 1 atom stereocenters. The summed E-state index contributed by atoms with van der Waals surface area (Å²) in [5.74, 6) is 1.34. The van der Waals surface area contributed by atoms with Crippen LogP contribution in [0, 0.1) is 12.8 Å². The Labute approximate surface area is 120 Å². The van der Waals surface area contributed by atoms with E-state index in [4.69, 9.17) is 5.73 Å². The van der Waals surface area contributed by atoms with E-state index in [9.17, 15) is 0 Å². The molecule has 2 aromatic heterocycles. The van der Waals surface area contributed by atoms with E-state index >= 15 is 0 Å². The summed E-state index contributed by atoms with van der Waals surface area (Å²) in [6.07, 6.45) is 7.79. The van der Waals surface area contributed by atoms with Crippen LogP contribution in [0.3, 0.4) is 0 Å². The van der Waals surface area contributed by atoms with Crippen molar-refractivity contribution in [2.45, 2.75) is 58.4 Å². The highest BCUT2D eigenvalue weighted by atomic mass is 15.2. The van der Waals surface area contributed by atoms with E-state index in [1.807, 2.05) is 19.1 Å². The van der Waals surface area contributed by atoms with Gasteiger partial charge in [-0.1, -0.05) is 26.2 Å². The van der Waals surface area contributed by atoms with Crippen LogP contribution in [0.15, 0.2) is 12.1 Å². The average molecular weight is 272 g/mol. The maximum atomic E-state index is 6.20. The molecule has 0 aromatic carbocycles. The smallest absolute Gasteiger partial charge is 0.202 e. The van der Waals surface area contributed by atoms with Crippen molar-refractivity contribution in [1.82, 2.24) is 14.5 Å². The molecule has 3 rings (SSSR count). The fourth-order valence-electron chi connectivity index (χ4n) is 3.66. The van der Waals surface area contributed by atoms with Crippen molar-refractivity contribution in [3.8, 4) is 0 Å². The molecule has 4 heteroatoms. The second kappa shape index (κ2) is 5.43. The van der Waals surface area contributed by atoms with Crippen molar-refractivity contribution in [2.75, 3.05) is 5.73 Å². The molecular weight excluding hydrogens is 248 g/mol. The number of pyridine rings is 1. The number of anilines is 1. The molecule has 0 spiro atoms. The van der Waals surface area contributed by atoms with Crippen LogP contribution in [0.1, 0.15) is 57.2 Å². The maximum absolute atomic E-state index is 6.20. The van der Waals surface area contributed by atoms with Crippen LogP contribution in [-0.2, 0) is 0 Å². The van der Waals surface area contributed by atoms with Crippen molar-refractivity contribution in [2.24, 2.45) is 5.92 Å². The second-order valence-electron chi connectivity index (χ2n) is 6.01. The molecule has 1 aliphatic carbocycles. The van der Waals surface area contributed by atoms with E-state index in [0.29, 0.717) is 12.0 Å². The zero-order valence-electron chi connectivity index (χ0n) is 12.5. The number of nitrogen functional groups attached to an aromatic ring is 1. The van der Waals surface area contributed by atoms with E-state index in [-0.39, 0.29) is 0 Å². The molecule has 0 aliphatic heterocycles. The third kappa shape index (κ3) is 2.28. The fourth-order valence-corrected chi connectivity index (χ4v) is 3.66. The quantitative estimate of drug-likeness (QED) is 0.923. The van der Waals surface area contributed by atoms with Gasteiger partial charge < -0.3 is 5.73 Å². The Morgan fingerprint density at radius 2 is 2.00 bits per heavy atom. The van der Waals surface area contributed by atoms with Gasteiger partial charge in [-0.3, -0.25) is 4.57 Å². The maximum Gasteiger partial charge on any atom is 0.202 e. The molecule has 0 bridgehead atoms. The predicted octanol–water partition coefficient (Wildman–Crippen LogP) is 3.85. The molecule has 0 radical (unpaired) electrons. The lowest BCUT2D eigenvalue weighted by Gasteiger charge is -2.31. The largest absolute Gasteiger partial charge is 0.369 e. The zero-order valence-corrected chi connectivity index (χ0v) is 12.5. The summed E-state index contributed by atoms with van der Waals surface area (Å²) in [7, 11) is 0. The molecule has 2 N–H and O–H groups in total. The summed E-state index contributed by atoms with van der Waals surface area (Å²) < 4.78 is 2.19. The summed E-state index contributed by atoms with van der Waals surface area (Å²) in [5, 5.41) is 0. The van der Waals surface area contributed by atoms with Crippen LogP contribution in [0.25, 0.3) is 11.2 Å². The minimum Gasteiger partial charge on any atom is -0.369 e. The first-order chi connectivity index (χ1) is 9.70. The lowest BCUT2D eigenvalue weighted by Crippen LogP contribution is -2.23. The van der Waals surface area contributed by atoms with Crippen LogP contribution in [0.2, 0.25) is 0 Å². The number of rotatable bonds is 3. The number of hydrogen-bond donors (Lipinski definition) is 1. The number of fused-ring (bicyclic) bond motifs is 1. The lowest BCUT2D eigenvalue weighted by molar-refractivity contribution is 0.248. The zero-order chi connectivity index (χ0) is 14.1. The van der Waals surface area contributed by atoms with Gasteiger partial charge in [-0.15, -0.1) is 0 Å². The molecule has 2 aromatic rings. The topological polar surface area (TPSA) is 56.7 Å². The highest BCUT2D eigenvalue weighted by molar-refractivity contribution is 5.74. The molecular formula is C16H24N4.